The van der Waals surface area contributed by atoms with Crippen molar-refractivity contribution in [2.45, 2.75) is 0 Å². The van der Waals surface area contributed by atoms with Gasteiger partial charge in [0.2, 0.25) is 0 Å². The van der Waals surface area contributed by atoms with E-state index in [0.717, 1.165) is 16.7 Å². The zero-order chi connectivity index (χ0) is 16.5. The monoisotopic (exact) mass is 318 g/mol. The number of benzene rings is 1. The summed E-state index contributed by atoms with van der Waals surface area (Å²) in [5.74, 6) is 0.443. The first-order chi connectivity index (χ1) is 11.7. The molecule has 0 fully saturated rings. The molecular weight excluding hydrogens is 304 g/mol. The van der Waals surface area contributed by atoms with E-state index in [4.69, 9.17) is 0 Å². The number of hydrogen-bond acceptors (Lipinski definition) is 4. The number of imidazole rings is 2. The van der Waals surface area contributed by atoms with Gasteiger partial charge < -0.3 is 14.9 Å². The van der Waals surface area contributed by atoms with Crippen molar-refractivity contribution in [1.82, 2.24) is 24.5 Å². The number of anilines is 1. The number of nitrogens with zero attached hydrogens (tertiary/aromatic N) is 4. The molecular formula is C17H14N6O. The van der Waals surface area contributed by atoms with Crippen LogP contribution in [-0.2, 0) is 7.05 Å². The largest absolute Gasteiger partial charge is 0.340 e. The number of aromatic amines is 1. The molecule has 3 aromatic heterocycles. The number of H-pyrrole nitrogens is 1. The topological polar surface area (TPSA) is 88.5 Å². The zero-order valence-corrected chi connectivity index (χ0v) is 12.9. The first-order valence-corrected chi connectivity index (χ1v) is 7.39. The van der Waals surface area contributed by atoms with Gasteiger partial charge in [0.05, 0.1) is 17.4 Å². The van der Waals surface area contributed by atoms with Gasteiger partial charge in [-0.3, -0.25) is 9.78 Å². The van der Waals surface area contributed by atoms with Crippen LogP contribution in [0.15, 0.2) is 55.1 Å². The molecule has 0 aliphatic heterocycles. The summed E-state index contributed by atoms with van der Waals surface area (Å²) in [5, 5.41) is 2.83. The Bertz CT molecular complexity index is 1020. The first kappa shape index (κ1) is 14.1. The Balaban J connectivity index is 1.62. The van der Waals surface area contributed by atoms with Gasteiger partial charge in [-0.2, -0.15) is 0 Å². The molecule has 0 unspecified atom stereocenters. The molecule has 1 aromatic carbocycles. The number of rotatable bonds is 3. The number of carbonyl (C=O) groups excluding carboxylic acids is 1. The van der Waals surface area contributed by atoms with Gasteiger partial charge in [-0.1, -0.05) is 6.07 Å². The summed E-state index contributed by atoms with van der Waals surface area (Å²) in [6.07, 6.45) is 4.98. The van der Waals surface area contributed by atoms with Crippen molar-refractivity contribution in [2.24, 2.45) is 7.05 Å². The van der Waals surface area contributed by atoms with Crippen LogP contribution in [0.5, 0.6) is 0 Å². The number of aryl methyl sites for hydroxylation is 1. The van der Waals surface area contributed by atoms with E-state index in [1.54, 1.807) is 23.3 Å². The van der Waals surface area contributed by atoms with Crippen molar-refractivity contribution < 1.29 is 4.79 Å². The second kappa shape index (κ2) is 5.62. The van der Waals surface area contributed by atoms with Crippen LogP contribution in [0.4, 0.5) is 5.69 Å². The maximum Gasteiger partial charge on any atom is 0.275 e. The lowest BCUT2D eigenvalue weighted by Crippen LogP contribution is -2.12. The summed E-state index contributed by atoms with van der Waals surface area (Å²) in [5.41, 5.74) is 3.46. The molecule has 0 atom stereocenters. The number of nitrogens with one attached hydrogen (secondary N) is 2. The molecule has 0 radical (unpaired) electrons. The Morgan fingerprint density at radius 2 is 2.12 bits per heavy atom. The van der Waals surface area contributed by atoms with Crippen LogP contribution >= 0.6 is 0 Å². The Morgan fingerprint density at radius 3 is 2.88 bits per heavy atom. The molecule has 4 aromatic rings. The van der Waals surface area contributed by atoms with Gasteiger partial charge in [0.25, 0.3) is 5.91 Å². The van der Waals surface area contributed by atoms with Gasteiger partial charge in [-0.15, -0.1) is 0 Å². The fraction of sp³-hybridized carbons (Fsp3) is 0.0588. The molecule has 0 spiro atoms. The minimum absolute atomic E-state index is 0.251. The summed E-state index contributed by atoms with van der Waals surface area (Å²) in [7, 11) is 1.82. The van der Waals surface area contributed by atoms with Gasteiger partial charge in [0.15, 0.2) is 5.82 Å². The highest BCUT2D eigenvalue weighted by atomic mass is 16.1. The van der Waals surface area contributed by atoms with Crippen molar-refractivity contribution in [2.75, 3.05) is 5.32 Å². The van der Waals surface area contributed by atoms with E-state index in [0.29, 0.717) is 17.2 Å². The van der Waals surface area contributed by atoms with Crippen LogP contribution < -0.4 is 5.32 Å². The SMILES string of the molecule is Cn1cnc(C(=O)Nc2ccc3nc(-c4ccccn4)[nH]c3c2)c1. The molecule has 0 saturated heterocycles. The molecule has 24 heavy (non-hydrogen) atoms. The van der Waals surface area contributed by atoms with Gasteiger partial charge in [-0.05, 0) is 30.3 Å². The minimum Gasteiger partial charge on any atom is -0.340 e. The maximum atomic E-state index is 12.2. The molecule has 3 heterocycles. The van der Waals surface area contributed by atoms with Gasteiger partial charge in [-0.25, -0.2) is 9.97 Å². The maximum absolute atomic E-state index is 12.2. The predicted molar refractivity (Wildman–Crippen MR) is 90.5 cm³/mol. The highest BCUT2D eigenvalue weighted by Gasteiger charge is 2.11. The van der Waals surface area contributed by atoms with E-state index in [-0.39, 0.29) is 5.91 Å². The standard InChI is InChI=1S/C17H14N6O/c1-23-9-15(19-10-23)17(24)20-11-5-6-12-14(8-11)22-16(21-12)13-4-2-3-7-18-13/h2-10H,1H3,(H,20,24)(H,21,22). The Hall–Kier alpha value is -3.48. The van der Waals surface area contributed by atoms with Crippen LogP contribution in [0.3, 0.4) is 0 Å². The molecule has 1 amide bonds. The minimum atomic E-state index is -0.251. The normalized spacial score (nSPS) is 10.9. The summed E-state index contributed by atoms with van der Waals surface area (Å²) in [6.45, 7) is 0. The molecule has 7 nitrogen and oxygen atoms in total. The number of pyridine rings is 1. The van der Waals surface area contributed by atoms with Gasteiger partial charge in [0, 0.05) is 25.1 Å². The molecule has 0 aliphatic rings. The van der Waals surface area contributed by atoms with Gasteiger partial charge >= 0.3 is 0 Å². The van der Waals surface area contributed by atoms with E-state index in [2.05, 4.69) is 25.3 Å². The van der Waals surface area contributed by atoms with Crippen molar-refractivity contribution in [1.29, 1.82) is 0 Å². The highest BCUT2D eigenvalue weighted by molar-refractivity contribution is 6.03. The lowest BCUT2D eigenvalue weighted by atomic mass is 10.2. The highest BCUT2D eigenvalue weighted by Crippen LogP contribution is 2.21. The molecule has 0 aliphatic carbocycles. The fourth-order valence-corrected chi connectivity index (χ4v) is 2.44. The third kappa shape index (κ3) is 2.63. The van der Waals surface area contributed by atoms with Crippen molar-refractivity contribution in [3.63, 3.8) is 0 Å². The van der Waals surface area contributed by atoms with Crippen molar-refractivity contribution in [3.05, 3.63) is 60.8 Å². The van der Waals surface area contributed by atoms with Gasteiger partial charge in [0.1, 0.15) is 11.4 Å². The summed E-state index contributed by atoms with van der Waals surface area (Å²) >= 11 is 0. The molecule has 2 N–H and O–H groups in total. The average Bonchev–Trinajstić information content (AvgIpc) is 3.21. The summed E-state index contributed by atoms with van der Waals surface area (Å²) < 4.78 is 1.73. The fourth-order valence-electron chi connectivity index (χ4n) is 2.44. The van der Waals surface area contributed by atoms with Crippen molar-refractivity contribution >= 4 is 22.6 Å². The Morgan fingerprint density at radius 1 is 1.21 bits per heavy atom. The van der Waals surface area contributed by atoms with Crippen LogP contribution in [0, 0.1) is 0 Å². The zero-order valence-electron chi connectivity index (χ0n) is 12.9. The van der Waals surface area contributed by atoms with E-state index in [1.807, 2.05) is 43.4 Å². The first-order valence-electron chi connectivity index (χ1n) is 7.39. The molecule has 0 bridgehead atoms. The quantitative estimate of drug-likeness (QED) is 0.608. The second-order valence-electron chi connectivity index (χ2n) is 5.41. The summed E-state index contributed by atoms with van der Waals surface area (Å²) in [6, 6.07) is 11.2. The number of hydrogen-bond donors (Lipinski definition) is 2. The lowest BCUT2D eigenvalue weighted by molar-refractivity contribution is 0.102. The van der Waals surface area contributed by atoms with E-state index in [9.17, 15) is 4.79 Å². The number of aromatic nitrogens is 5. The molecule has 7 heteroatoms. The summed E-state index contributed by atoms with van der Waals surface area (Å²) in [4.78, 5) is 28.2. The Labute approximate surface area is 137 Å². The number of carbonyl (C=O) groups is 1. The number of fused-ring (bicyclic) bond motifs is 1. The third-order valence-corrected chi connectivity index (χ3v) is 3.58. The van der Waals surface area contributed by atoms with Crippen LogP contribution in [0.25, 0.3) is 22.6 Å². The Kier molecular flexibility index (Phi) is 3.31. The van der Waals surface area contributed by atoms with Crippen LogP contribution in [0.1, 0.15) is 10.5 Å². The van der Waals surface area contributed by atoms with Crippen LogP contribution in [-0.4, -0.2) is 30.4 Å². The van der Waals surface area contributed by atoms with E-state index < -0.39 is 0 Å². The van der Waals surface area contributed by atoms with E-state index in [1.165, 1.54) is 0 Å². The third-order valence-electron chi connectivity index (χ3n) is 3.58. The average molecular weight is 318 g/mol. The second-order valence-corrected chi connectivity index (χ2v) is 5.41. The van der Waals surface area contributed by atoms with Crippen molar-refractivity contribution in [3.8, 4) is 11.5 Å². The number of amides is 1. The molecule has 0 saturated carbocycles. The van der Waals surface area contributed by atoms with E-state index >= 15 is 0 Å². The lowest BCUT2D eigenvalue weighted by Gasteiger charge is -2.02. The molecule has 118 valence electrons. The predicted octanol–water partition coefficient (Wildman–Crippen LogP) is 2.61. The molecule has 4 rings (SSSR count). The smallest absolute Gasteiger partial charge is 0.275 e. The van der Waals surface area contributed by atoms with Crippen LogP contribution in [0.2, 0.25) is 0 Å².